The summed E-state index contributed by atoms with van der Waals surface area (Å²) in [4.78, 5) is 6.77. The van der Waals surface area contributed by atoms with E-state index in [4.69, 9.17) is 0 Å². The van der Waals surface area contributed by atoms with E-state index in [0.717, 1.165) is 6.33 Å². The van der Waals surface area contributed by atoms with Gasteiger partial charge in [0.1, 0.15) is 6.33 Å². The van der Waals surface area contributed by atoms with Gasteiger partial charge in [-0.05, 0) is 6.92 Å². The van der Waals surface area contributed by atoms with Crippen LogP contribution >= 0.6 is 0 Å². The summed E-state index contributed by atoms with van der Waals surface area (Å²) in [5.41, 5.74) is 0.229. The number of nitrogens with zero attached hydrogens (tertiary/aromatic N) is 2. The number of hydrogen-bond acceptors (Lipinski definition) is 2. The van der Waals surface area contributed by atoms with Gasteiger partial charge >= 0.3 is 0 Å². The predicted molar refractivity (Wildman–Crippen MR) is 26.4 cm³/mol. The van der Waals surface area contributed by atoms with Crippen LogP contribution in [-0.2, 0) is 0 Å². The zero-order chi connectivity index (χ0) is 5.98. The summed E-state index contributed by atoms with van der Waals surface area (Å²) < 4.78 is 12.1. The minimum Gasteiger partial charge on any atom is -0.244 e. The van der Waals surface area contributed by atoms with Crippen LogP contribution in [0.5, 0.6) is 0 Å². The first-order chi connectivity index (χ1) is 3.80. The summed E-state index contributed by atoms with van der Waals surface area (Å²) in [5.74, 6) is -0.556. The molecule has 0 amide bonds. The van der Waals surface area contributed by atoms with Gasteiger partial charge in [-0.2, -0.15) is 4.39 Å². The highest BCUT2D eigenvalue weighted by atomic mass is 19.1. The third-order valence-electron chi connectivity index (χ3n) is 0.733. The molecule has 0 atom stereocenters. The average Bonchev–Trinajstić information content (AvgIpc) is 1.77. The van der Waals surface area contributed by atoms with E-state index in [1.54, 1.807) is 0 Å². The summed E-state index contributed by atoms with van der Waals surface area (Å²) in [6.07, 6.45) is 2.46. The Morgan fingerprint density at radius 3 is 2.75 bits per heavy atom. The first-order valence-electron chi connectivity index (χ1n) is 2.08. The molecule has 0 aliphatic heterocycles. The van der Waals surface area contributed by atoms with Gasteiger partial charge in [-0.1, -0.05) is 0 Å². The van der Waals surface area contributed by atoms with E-state index in [2.05, 4.69) is 16.9 Å². The van der Waals surface area contributed by atoms with Crippen LogP contribution in [0.25, 0.3) is 0 Å². The van der Waals surface area contributed by atoms with Crippen molar-refractivity contribution in [2.75, 3.05) is 0 Å². The molecule has 0 saturated carbocycles. The molecule has 0 N–H and O–H groups in total. The molecule has 0 unspecified atom stereocenters. The first kappa shape index (κ1) is 5.15. The number of aromatic nitrogens is 2. The largest absolute Gasteiger partial charge is 0.244 e. The summed E-state index contributed by atoms with van der Waals surface area (Å²) in [5, 5.41) is 0. The Kier molecular flexibility index (Phi) is 1.20. The molecule has 0 aliphatic rings. The lowest BCUT2D eigenvalue weighted by Gasteiger charge is -1.87. The van der Waals surface area contributed by atoms with Crippen LogP contribution in [0.1, 0.15) is 5.56 Å². The van der Waals surface area contributed by atoms with E-state index < -0.39 is 5.95 Å². The van der Waals surface area contributed by atoms with Crippen LogP contribution in [0.3, 0.4) is 0 Å². The van der Waals surface area contributed by atoms with Gasteiger partial charge in [0.2, 0.25) is 5.95 Å². The van der Waals surface area contributed by atoms with Gasteiger partial charge in [-0.25, -0.2) is 9.97 Å². The van der Waals surface area contributed by atoms with Crippen molar-refractivity contribution in [1.82, 2.24) is 9.97 Å². The molecule has 0 aromatic carbocycles. The van der Waals surface area contributed by atoms with Crippen molar-refractivity contribution in [2.45, 2.75) is 0 Å². The van der Waals surface area contributed by atoms with Crippen molar-refractivity contribution < 1.29 is 4.39 Å². The summed E-state index contributed by atoms with van der Waals surface area (Å²) in [6, 6.07) is 0. The Morgan fingerprint density at radius 2 is 2.38 bits per heavy atom. The van der Waals surface area contributed by atoms with Crippen molar-refractivity contribution in [3.05, 3.63) is 31.0 Å². The molecule has 0 fully saturated rings. The molecule has 3 heteroatoms. The molecule has 8 heavy (non-hydrogen) atoms. The van der Waals surface area contributed by atoms with Crippen LogP contribution in [0, 0.1) is 12.9 Å². The van der Waals surface area contributed by atoms with Crippen LogP contribution in [0.4, 0.5) is 4.39 Å². The van der Waals surface area contributed by atoms with Gasteiger partial charge in [0, 0.05) is 11.8 Å². The van der Waals surface area contributed by atoms with Crippen LogP contribution < -0.4 is 0 Å². The highest BCUT2D eigenvalue weighted by Gasteiger charge is 1.91. The SMILES string of the molecule is [CH2]c1cncnc1F. The lowest BCUT2D eigenvalue weighted by atomic mass is 10.4. The molecule has 0 aliphatic carbocycles. The van der Waals surface area contributed by atoms with E-state index in [1.807, 2.05) is 0 Å². The molecule has 0 saturated heterocycles. The predicted octanol–water partition coefficient (Wildman–Crippen LogP) is 0.798. The van der Waals surface area contributed by atoms with Crippen LogP contribution in [0.15, 0.2) is 12.5 Å². The average molecular weight is 111 g/mol. The molecule has 0 spiro atoms. The summed E-state index contributed by atoms with van der Waals surface area (Å²) >= 11 is 0. The highest BCUT2D eigenvalue weighted by Crippen LogP contribution is 1.95. The smallest absolute Gasteiger partial charge is 0.219 e. The monoisotopic (exact) mass is 111 g/mol. The fourth-order valence-electron chi connectivity index (χ4n) is 0.344. The van der Waals surface area contributed by atoms with E-state index in [9.17, 15) is 4.39 Å². The van der Waals surface area contributed by atoms with Gasteiger partial charge < -0.3 is 0 Å². The number of hydrogen-bond donors (Lipinski definition) is 0. The van der Waals surface area contributed by atoms with Crippen LogP contribution in [-0.4, -0.2) is 9.97 Å². The van der Waals surface area contributed by atoms with Gasteiger partial charge in [-0.3, -0.25) is 0 Å². The molecule has 2 nitrogen and oxygen atoms in total. The van der Waals surface area contributed by atoms with Crippen molar-refractivity contribution in [3.8, 4) is 0 Å². The van der Waals surface area contributed by atoms with E-state index in [1.165, 1.54) is 6.20 Å². The van der Waals surface area contributed by atoms with Crippen LogP contribution in [0.2, 0.25) is 0 Å². The topological polar surface area (TPSA) is 25.8 Å². The second kappa shape index (κ2) is 1.86. The molecule has 1 aromatic heterocycles. The zero-order valence-corrected chi connectivity index (χ0v) is 4.13. The van der Waals surface area contributed by atoms with Gasteiger partial charge in [0.15, 0.2) is 0 Å². The van der Waals surface area contributed by atoms with Crippen molar-refractivity contribution >= 4 is 0 Å². The first-order valence-corrected chi connectivity index (χ1v) is 2.08. The molecule has 0 bridgehead atoms. The van der Waals surface area contributed by atoms with E-state index in [-0.39, 0.29) is 5.56 Å². The minimum absolute atomic E-state index is 0.229. The molecule has 1 radical (unpaired) electrons. The number of rotatable bonds is 0. The van der Waals surface area contributed by atoms with Gasteiger partial charge in [0.25, 0.3) is 0 Å². The number of halogens is 1. The minimum atomic E-state index is -0.556. The van der Waals surface area contributed by atoms with Gasteiger partial charge in [-0.15, -0.1) is 0 Å². The fraction of sp³-hybridized carbons (Fsp3) is 0. The summed E-state index contributed by atoms with van der Waals surface area (Å²) in [6.45, 7) is 3.32. The highest BCUT2D eigenvalue weighted by molar-refractivity contribution is 5.07. The lowest BCUT2D eigenvalue weighted by Crippen LogP contribution is -1.86. The van der Waals surface area contributed by atoms with Crippen molar-refractivity contribution in [1.29, 1.82) is 0 Å². The lowest BCUT2D eigenvalue weighted by molar-refractivity contribution is 0.574. The zero-order valence-electron chi connectivity index (χ0n) is 4.13. The maximum absolute atomic E-state index is 12.1. The second-order valence-electron chi connectivity index (χ2n) is 1.34. The molecule has 1 aromatic rings. The summed E-state index contributed by atoms with van der Waals surface area (Å²) in [7, 11) is 0. The third-order valence-corrected chi connectivity index (χ3v) is 0.733. The second-order valence-corrected chi connectivity index (χ2v) is 1.34. The maximum atomic E-state index is 12.1. The Labute approximate surface area is 46.4 Å². The molecule has 41 valence electrons. The standard InChI is InChI=1S/C5H4FN2/c1-4-2-7-3-8-5(4)6/h2-3H,1H2. The van der Waals surface area contributed by atoms with Gasteiger partial charge in [0.05, 0.1) is 0 Å². The van der Waals surface area contributed by atoms with E-state index in [0.29, 0.717) is 0 Å². The molecular weight excluding hydrogens is 107 g/mol. The Morgan fingerprint density at radius 1 is 1.62 bits per heavy atom. The normalized spacial score (nSPS) is 9.25. The van der Waals surface area contributed by atoms with E-state index >= 15 is 0 Å². The molecular formula is C5H4FN2. The van der Waals surface area contributed by atoms with Crippen molar-refractivity contribution in [3.63, 3.8) is 0 Å². The quantitative estimate of drug-likeness (QED) is 0.463. The Balaban J connectivity index is 3.13. The molecule has 1 rings (SSSR count). The fourth-order valence-corrected chi connectivity index (χ4v) is 0.344. The van der Waals surface area contributed by atoms with Crippen molar-refractivity contribution in [2.24, 2.45) is 0 Å². The maximum Gasteiger partial charge on any atom is 0.219 e. The Hall–Kier alpha value is -0.990. The third kappa shape index (κ3) is 0.804. The Bertz CT molecular complexity index is 167. The molecule has 1 heterocycles.